The first-order chi connectivity index (χ1) is 13.5. The number of anilines is 1. The molecule has 2 aromatic rings. The third-order valence-electron chi connectivity index (χ3n) is 5.07. The fraction of sp³-hybridized carbons (Fsp3) is 0.429. The molecule has 1 aromatic heterocycles. The van der Waals surface area contributed by atoms with Crippen LogP contribution in [0.3, 0.4) is 0 Å². The van der Waals surface area contributed by atoms with Gasteiger partial charge in [0.1, 0.15) is 23.4 Å². The zero-order chi connectivity index (χ0) is 19.7. The van der Waals surface area contributed by atoms with E-state index in [0.29, 0.717) is 36.9 Å². The number of fused-ring (bicyclic) bond motifs is 1. The maximum absolute atomic E-state index is 12.8. The first-order valence-electron chi connectivity index (χ1n) is 9.61. The minimum Gasteiger partial charge on any atom is -0.492 e. The molecular weight excluding hydrogens is 360 g/mol. The molecule has 1 fully saturated rings. The Labute approximate surface area is 163 Å². The molecule has 2 aliphatic rings. The second-order valence-corrected chi connectivity index (χ2v) is 7.27. The molecule has 28 heavy (non-hydrogen) atoms. The number of rotatable bonds is 6. The summed E-state index contributed by atoms with van der Waals surface area (Å²) in [6.45, 7) is 5.16. The van der Waals surface area contributed by atoms with Crippen LogP contribution in [0.5, 0.6) is 11.5 Å². The van der Waals surface area contributed by atoms with Gasteiger partial charge in [0.25, 0.3) is 0 Å². The van der Waals surface area contributed by atoms with Crippen LogP contribution in [0.25, 0.3) is 0 Å². The van der Waals surface area contributed by atoms with Crippen LogP contribution in [0.2, 0.25) is 0 Å². The number of ether oxygens (including phenoxy) is 2. The normalized spacial score (nSPS) is 20.8. The van der Waals surface area contributed by atoms with Crippen LogP contribution in [0.4, 0.5) is 5.69 Å². The van der Waals surface area contributed by atoms with Gasteiger partial charge in [-0.1, -0.05) is 0 Å². The quantitative estimate of drug-likeness (QED) is 0.828. The zero-order valence-electron chi connectivity index (χ0n) is 16.1. The van der Waals surface area contributed by atoms with Crippen LogP contribution in [-0.4, -0.2) is 36.0 Å². The van der Waals surface area contributed by atoms with Crippen LogP contribution in [0.15, 0.2) is 34.9 Å². The van der Waals surface area contributed by atoms with E-state index in [0.717, 1.165) is 17.7 Å². The van der Waals surface area contributed by atoms with Gasteiger partial charge in [0, 0.05) is 31.0 Å². The highest BCUT2D eigenvalue weighted by molar-refractivity contribution is 5.98. The Hall–Kier alpha value is -2.96. The van der Waals surface area contributed by atoms with Gasteiger partial charge in [-0.3, -0.25) is 9.59 Å². The van der Waals surface area contributed by atoms with Gasteiger partial charge >= 0.3 is 0 Å². The summed E-state index contributed by atoms with van der Waals surface area (Å²) >= 11 is 0. The van der Waals surface area contributed by atoms with Crippen molar-refractivity contribution in [2.45, 2.75) is 39.3 Å². The van der Waals surface area contributed by atoms with Crippen LogP contribution in [-0.2, 0) is 22.6 Å². The van der Waals surface area contributed by atoms with E-state index < -0.39 is 5.92 Å². The Morgan fingerprint density at radius 3 is 2.96 bits per heavy atom. The molecule has 7 nitrogen and oxygen atoms in total. The molecule has 2 unspecified atom stereocenters. The van der Waals surface area contributed by atoms with Crippen molar-refractivity contribution in [3.63, 3.8) is 0 Å². The molecule has 2 aliphatic heterocycles. The molecule has 7 heteroatoms. The average Bonchev–Trinajstić information content (AvgIpc) is 3.36. The van der Waals surface area contributed by atoms with Gasteiger partial charge in [0.2, 0.25) is 11.8 Å². The number of hydrogen-bond donors (Lipinski definition) is 1. The molecule has 2 atom stereocenters. The number of furan rings is 1. The number of carbonyl (C=O) groups excluding carboxylic acids is 2. The highest BCUT2D eigenvalue weighted by atomic mass is 16.5. The van der Waals surface area contributed by atoms with Crippen molar-refractivity contribution in [2.24, 2.45) is 5.92 Å². The monoisotopic (exact) mass is 384 g/mol. The maximum Gasteiger partial charge on any atom is 0.229 e. The van der Waals surface area contributed by atoms with Crippen molar-refractivity contribution >= 4 is 17.5 Å². The Bertz CT molecular complexity index is 877. The van der Waals surface area contributed by atoms with E-state index in [1.807, 2.05) is 32.0 Å². The summed E-state index contributed by atoms with van der Waals surface area (Å²) in [5.41, 5.74) is 1.66. The molecule has 4 rings (SSSR count). The molecule has 0 saturated carbocycles. The molecule has 1 aromatic carbocycles. The Morgan fingerprint density at radius 2 is 2.21 bits per heavy atom. The predicted molar refractivity (Wildman–Crippen MR) is 102 cm³/mol. The van der Waals surface area contributed by atoms with E-state index in [9.17, 15) is 9.59 Å². The number of hydrogen-bond acceptors (Lipinski definition) is 5. The molecule has 1 N–H and O–H groups in total. The van der Waals surface area contributed by atoms with Crippen molar-refractivity contribution in [1.29, 1.82) is 0 Å². The van der Waals surface area contributed by atoms with Crippen molar-refractivity contribution in [1.82, 2.24) is 4.90 Å². The highest BCUT2D eigenvalue weighted by Crippen LogP contribution is 2.38. The summed E-state index contributed by atoms with van der Waals surface area (Å²) in [5.74, 6) is 1.45. The molecule has 3 heterocycles. The fourth-order valence-corrected chi connectivity index (χ4v) is 3.74. The highest BCUT2D eigenvalue weighted by Gasteiger charge is 2.35. The van der Waals surface area contributed by atoms with Crippen LogP contribution < -0.4 is 14.8 Å². The molecule has 2 amide bonds. The molecule has 148 valence electrons. The zero-order valence-corrected chi connectivity index (χ0v) is 16.1. The van der Waals surface area contributed by atoms with E-state index in [1.165, 1.54) is 0 Å². The SMILES string of the molecule is CCOc1cc2c(cc1NC(=O)C1CC(=O)N(Cc3ccco3)C1)OC(C)C2. The molecule has 1 saturated heterocycles. The second-order valence-electron chi connectivity index (χ2n) is 7.27. The summed E-state index contributed by atoms with van der Waals surface area (Å²) < 4.78 is 16.8. The lowest BCUT2D eigenvalue weighted by Crippen LogP contribution is -2.28. The summed E-state index contributed by atoms with van der Waals surface area (Å²) in [6, 6.07) is 7.35. The third-order valence-corrected chi connectivity index (χ3v) is 5.07. The van der Waals surface area contributed by atoms with E-state index >= 15 is 0 Å². The lowest BCUT2D eigenvalue weighted by atomic mass is 10.1. The van der Waals surface area contributed by atoms with Crippen molar-refractivity contribution in [2.75, 3.05) is 18.5 Å². The average molecular weight is 384 g/mol. The fourth-order valence-electron chi connectivity index (χ4n) is 3.74. The molecule has 0 aliphatic carbocycles. The van der Waals surface area contributed by atoms with Gasteiger partial charge in [-0.2, -0.15) is 0 Å². The molecule has 0 bridgehead atoms. The van der Waals surface area contributed by atoms with Gasteiger partial charge in [0.15, 0.2) is 0 Å². The summed E-state index contributed by atoms with van der Waals surface area (Å²) in [7, 11) is 0. The Balaban J connectivity index is 1.46. The number of likely N-dealkylation sites (tertiary alicyclic amines) is 1. The van der Waals surface area contributed by atoms with E-state index in [1.54, 1.807) is 17.2 Å². The van der Waals surface area contributed by atoms with Crippen LogP contribution in [0.1, 0.15) is 31.6 Å². The first-order valence-corrected chi connectivity index (χ1v) is 9.61. The summed E-state index contributed by atoms with van der Waals surface area (Å²) in [4.78, 5) is 26.8. The molecular formula is C21H24N2O5. The van der Waals surface area contributed by atoms with Gasteiger partial charge < -0.3 is 24.1 Å². The van der Waals surface area contributed by atoms with Crippen molar-refractivity contribution < 1.29 is 23.5 Å². The first kappa shape index (κ1) is 18.4. The summed E-state index contributed by atoms with van der Waals surface area (Å²) in [5, 5.41) is 2.94. The number of amides is 2. The van der Waals surface area contributed by atoms with E-state index in [2.05, 4.69) is 5.32 Å². The van der Waals surface area contributed by atoms with Gasteiger partial charge in [-0.25, -0.2) is 0 Å². The second kappa shape index (κ2) is 7.58. The standard InChI is InChI=1S/C21H24N2O5/c1-3-26-19-8-14-7-13(2)28-18(14)10-17(19)22-21(25)15-9-20(24)23(11-15)12-16-5-4-6-27-16/h4-6,8,10,13,15H,3,7,9,11-12H2,1-2H3,(H,22,25). The minimum atomic E-state index is -0.412. The topological polar surface area (TPSA) is 81.0 Å². The Kier molecular flexibility index (Phi) is 4.98. The smallest absolute Gasteiger partial charge is 0.229 e. The largest absolute Gasteiger partial charge is 0.492 e. The maximum atomic E-state index is 12.8. The van der Waals surface area contributed by atoms with Gasteiger partial charge in [0.05, 0.1) is 31.0 Å². The number of nitrogens with one attached hydrogen (secondary N) is 1. The Morgan fingerprint density at radius 1 is 1.36 bits per heavy atom. The number of carbonyl (C=O) groups is 2. The van der Waals surface area contributed by atoms with Crippen LogP contribution >= 0.6 is 0 Å². The van der Waals surface area contributed by atoms with Gasteiger partial charge in [-0.05, 0) is 32.0 Å². The third kappa shape index (κ3) is 3.69. The number of benzene rings is 1. The van der Waals surface area contributed by atoms with E-state index in [-0.39, 0.29) is 24.3 Å². The lowest BCUT2D eigenvalue weighted by molar-refractivity contribution is -0.128. The molecule has 0 radical (unpaired) electrons. The van der Waals surface area contributed by atoms with Crippen molar-refractivity contribution in [3.05, 3.63) is 41.9 Å². The predicted octanol–water partition coefficient (Wildman–Crippen LogP) is 2.99. The lowest BCUT2D eigenvalue weighted by Gasteiger charge is -2.17. The molecule has 0 spiro atoms. The minimum absolute atomic E-state index is 0.0484. The summed E-state index contributed by atoms with van der Waals surface area (Å²) in [6.07, 6.45) is 2.70. The van der Waals surface area contributed by atoms with Gasteiger partial charge in [-0.15, -0.1) is 0 Å². The van der Waals surface area contributed by atoms with Crippen LogP contribution in [0, 0.1) is 5.92 Å². The number of nitrogens with zero attached hydrogens (tertiary/aromatic N) is 1. The van der Waals surface area contributed by atoms with E-state index in [4.69, 9.17) is 13.9 Å². The van der Waals surface area contributed by atoms with Crippen molar-refractivity contribution in [3.8, 4) is 11.5 Å².